The minimum absolute atomic E-state index is 0.188. The molecule has 5 nitrogen and oxygen atoms in total. The van der Waals surface area contributed by atoms with Gasteiger partial charge < -0.3 is 20.4 Å². The Kier molecular flexibility index (Phi) is 5.29. The van der Waals surface area contributed by atoms with Gasteiger partial charge in [-0.3, -0.25) is 4.99 Å². The number of halogens is 1. The lowest BCUT2D eigenvalue weighted by Crippen LogP contribution is -2.51. The molecule has 4 rings (SSSR count). The molecule has 2 aliphatic heterocycles. The lowest BCUT2D eigenvalue weighted by atomic mass is 9.97. The summed E-state index contributed by atoms with van der Waals surface area (Å²) in [5.41, 5.74) is 7.33. The third kappa shape index (κ3) is 4.29. The fourth-order valence-corrected chi connectivity index (χ4v) is 4.11. The molecule has 6 heteroatoms. The number of hydrogen-bond donors (Lipinski definition) is 1. The molecule has 1 aromatic carbocycles. The largest absolute Gasteiger partial charge is 0.370 e. The van der Waals surface area contributed by atoms with Crippen LogP contribution in [0, 0.1) is 11.7 Å². The van der Waals surface area contributed by atoms with Crippen LogP contribution in [0.3, 0.4) is 0 Å². The zero-order valence-corrected chi connectivity index (χ0v) is 15.5. The summed E-state index contributed by atoms with van der Waals surface area (Å²) in [4.78, 5) is 11.8. The van der Waals surface area contributed by atoms with Crippen LogP contribution in [0.15, 0.2) is 29.3 Å². The van der Waals surface area contributed by atoms with Crippen LogP contribution in [0.1, 0.15) is 25.7 Å². The highest BCUT2D eigenvalue weighted by Gasteiger charge is 2.31. The SMILES string of the molecule is NC(=NCC1CCN(C2CC2)CC1)N1CCN(c2ccc(F)cc2)CC1. The minimum Gasteiger partial charge on any atom is -0.370 e. The second-order valence-electron chi connectivity index (χ2n) is 7.86. The fraction of sp³-hybridized carbons (Fsp3) is 0.650. The average Bonchev–Trinajstić information content (AvgIpc) is 3.53. The lowest BCUT2D eigenvalue weighted by Gasteiger charge is -2.37. The summed E-state index contributed by atoms with van der Waals surface area (Å²) in [5, 5.41) is 0. The smallest absolute Gasteiger partial charge is 0.191 e. The van der Waals surface area contributed by atoms with Crippen molar-refractivity contribution in [2.45, 2.75) is 31.7 Å². The first kappa shape index (κ1) is 17.6. The van der Waals surface area contributed by atoms with E-state index in [2.05, 4.69) is 14.7 Å². The predicted molar refractivity (Wildman–Crippen MR) is 104 cm³/mol. The van der Waals surface area contributed by atoms with Gasteiger partial charge in [0, 0.05) is 44.5 Å². The second-order valence-corrected chi connectivity index (χ2v) is 7.86. The minimum atomic E-state index is -0.188. The van der Waals surface area contributed by atoms with E-state index < -0.39 is 0 Å². The van der Waals surface area contributed by atoms with Gasteiger partial charge in [-0.25, -0.2) is 4.39 Å². The number of aliphatic imine (C=N–C) groups is 1. The summed E-state index contributed by atoms with van der Waals surface area (Å²) in [6.45, 7) is 6.85. The number of piperazine rings is 1. The van der Waals surface area contributed by atoms with Crippen molar-refractivity contribution in [1.29, 1.82) is 0 Å². The summed E-state index contributed by atoms with van der Waals surface area (Å²) in [7, 11) is 0. The zero-order chi connectivity index (χ0) is 17.9. The number of likely N-dealkylation sites (tertiary alicyclic amines) is 1. The van der Waals surface area contributed by atoms with Crippen LogP contribution in [0.2, 0.25) is 0 Å². The standard InChI is InChI=1S/C20H30FN5/c21-17-1-3-18(4-2-17)25-11-13-26(14-12-25)20(22)23-15-16-7-9-24(10-8-16)19-5-6-19/h1-4,16,19H,5-15H2,(H2,22,23). The highest BCUT2D eigenvalue weighted by molar-refractivity contribution is 5.78. The van der Waals surface area contributed by atoms with Crippen LogP contribution < -0.4 is 10.6 Å². The molecule has 0 amide bonds. The molecule has 0 aromatic heterocycles. The van der Waals surface area contributed by atoms with E-state index in [1.807, 2.05) is 12.1 Å². The van der Waals surface area contributed by atoms with E-state index in [4.69, 9.17) is 10.7 Å². The van der Waals surface area contributed by atoms with Crippen molar-refractivity contribution in [3.05, 3.63) is 30.1 Å². The lowest BCUT2D eigenvalue weighted by molar-refractivity contribution is 0.179. The van der Waals surface area contributed by atoms with Crippen molar-refractivity contribution in [2.75, 3.05) is 50.7 Å². The highest BCUT2D eigenvalue weighted by Crippen LogP contribution is 2.30. The van der Waals surface area contributed by atoms with Crippen molar-refractivity contribution in [3.63, 3.8) is 0 Å². The molecule has 3 fully saturated rings. The van der Waals surface area contributed by atoms with E-state index in [0.29, 0.717) is 11.9 Å². The molecule has 0 unspecified atom stereocenters. The molecule has 1 aliphatic carbocycles. The molecule has 2 N–H and O–H groups in total. The summed E-state index contributed by atoms with van der Waals surface area (Å²) < 4.78 is 13.1. The Morgan fingerprint density at radius 3 is 2.23 bits per heavy atom. The molecular weight excluding hydrogens is 329 g/mol. The quantitative estimate of drug-likeness (QED) is 0.661. The van der Waals surface area contributed by atoms with E-state index in [1.165, 1.54) is 50.9 Å². The van der Waals surface area contributed by atoms with Crippen molar-refractivity contribution in [1.82, 2.24) is 9.80 Å². The Labute approximate surface area is 155 Å². The molecule has 3 aliphatic rings. The van der Waals surface area contributed by atoms with E-state index in [-0.39, 0.29) is 5.82 Å². The maximum absolute atomic E-state index is 13.1. The van der Waals surface area contributed by atoms with Gasteiger partial charge in [0.25, 0.3) is 0 Å². The number of rotatable bonds is 4. The van der Waals surface area contributed by atoms with E-state index >= 15 is 0 Å². The maximum Gasteiger partial charge on any atom is 0.191 e. The van der Waals surface area contributed by atoms with Gasteiger partial charge >= 0.3 is 0 Å². The van der Waals surface area contributed by atoms with Crippen molar-refractivity contribution >= 4 is 11.6 Å². The summed E-state index contributed by atoms with van der Waals surface area (Å²) in [6, 6.07) is 7.62. The number of piperidine rings is 1. The van der Waals surface area contributed by atoms with Gasteiger partial charge in [0.1, 0.15) is 5.82 Å². The summed E-state index contributed by atoms with van der Waals surface area (Å²) >= 11 is 0. The molecule has 0 spiro atoms. The molecule has 2 saturated heterocycles. The normalized spacial score (nSPS) is 23.5. The molecule has 1 aromatic rings. The van der Waals surface area contributed by atoms with Gasteiger partial charge in [-0.1, -0.05) is 0 Å². The number of anilines is 1. The monoisotopic (exact) mass is 359 g/mol. The summed E-state index contributed by atoms with van der Waals surface area (Å²) in [5.74, 6) is 1.18. The topological polar surface area (TPSA) is 48.1 Å². The van der Waals surface area contributed by atoms with Crippen LogP contribution in [-0.4, -0.2) is 67.6 Å². The Bertz CT molecular complexity index is 612. The van der Waals surface area contributed by atoms with Gasteiger partial charge in [0.05, 0.1) is 0 Å². The number of benzene rings is 1. The molecule has 0 radical (unpaired) electrons. The second kappa shape index (κ2) is 7.82. The first-order valence-corrected chi connectivity index (χ1v) is 9.98. The molecule has 0 bridgehead atoms. The first-order chi connectivity index (χ1) is 12.7. The van der Waals surface area contributed by atoms with E-state index in [0.717, 1.165) is 44.5 Å². The number of hydrogen-bond acceptors (Lipinski definition) is 3. The van der Waals surface area contributed by atoms with Gasteiger partial charge in [-0.15, -0.1) is 0 Å². The van der Waals surface area contributed by atoms with Crippen LogP contribution in [0.25, 0.3) is 0 Å². The number of nitrogens with zero attached hydrogens (tertiary/aromatic N) is 4. The molecular formula is C20H30FN5. The van der Waals surface area contributed by atoms with Gasteiger partial charge in [0.15, 0.2) is 5.96 Å². The van der Waals surface area contributed by atoms with Gasteiger partial charge in [-0.2, -0.15) is 0 Å². The van der Waals surface area contributed by atoms with Crippen molar-refractivity contribution < 1.29 is 4.39 Å². The molecule has 1 saturated carbocycles. The Morgan fingerprint density at radius 2 is 1.62 bits per heavy atom. The van der Waals surface area contributed by atoms with Crippen LogP contribution in [-0.2, 0) is 0 Å². The highest BCUT2D eigenvalue weighted by atomic mass is 19.1. The number of nitrogens with two attached hydrogens (primary N) is 1. The molecule has 142 valence electrons. The summed E-state index contributed by atoms with van der Waals surface area (Å²) in [6.07, 6.45) is 5.32. The number of guanidine groups is 1. The van der Waals surface area contributed by atoms with E-state index in [1.54, 1.807) is 0 Å². The third-order valence-electron chi connectivity index (χ3n) is 6.02. The molecule has 26 heavy (non-hydrogen) atoms. The maximum atomic E-state index is 13.1. The first-order valence-electron chi connectivity index (χ1n) is 9.98. The Hall–Kier alpha value is -1.82. The molecule has 0 atom stereocenters. The van der Waals surface area contributed by atoms with Crippen LogP contribution in [0.4, 0.5) is 10.1 Å². The van der Waals surface area contributed by atoms with Gasteiger partial charge in [0.2, 0.25) is 0 Å². The van der Waals surface area contributed by atoms with Crippen molar-refractivity contribution in [3.8, 4) is 0 Å². The fourth-order valence-electron chi connectivity index (χ4n) is 4.11. The average molecular weight is 359 g/mol. The zero-order valence-electron chi connectivity index (χ0n) is 15.5. The van der Waals surface area contributed by atoms with Gasteiger partial charge in [-0.05, 0) is 69.0 Å². The predicted octanol–water partition coefficient (Wildman–Crippen LogP) is 2.14. The Morgan fingerprint density at radius 1 is 0.962 bits per heavy atom. The third-order valence-corrected chi connectivity index (χ3v) is 6.02. The molecule has 2 heterocycles. The van der Waals surface area contributed by atoms with Crippen LogP contribution >= 0.6 is 0 Å². The van der Waals surface area contributed by atoms with Crippen LogP contribution in [0.5, 0.6) is 0 Å². The van der Waals surface area contributed by atoms with Crippen molar-refractivity contribution in [2.24, 2.45) is 16.6 Å². The Balaban J connectivity index is 1.22. The van der Waals surface area contributed by atoms with E-state index in [9.17, 15) is 4.39 Å².